The molecule has 3 rings (SSSR count). The molecule has 0 bridgehead atoms. The summed E-state index contributed by atoms with van der Waals surface area (Å²) in [5.74, 6) is 0. The molecular formula is C15H15BrClN3O2S. The first-order chi connectivity index (χ1) is 11.0. The maximum atomic E-state index is 12.7. The molecule has 0 saturated carbocycles. The Labute approximate surface area is 149 Å². The number of para-hydroxylation sites is 1. The van der Waals surface area contributed by atoms with Gasteiger partial charge in [-0.25, -0.2) is 13.4 Å². The van der Waals surface area contributed by atoms with Crippen molar-refractivity contribution in [2.24, 2.45) is 0 Å². The monoisotopic (exact) mass is 415 g/mol. The van der Waals surface area contributed by atoms with Crippen molar-refractivity contribution in [3.63, 3.8) is 0 Å². The van der Waals surface area contributed by atoms with Crippen LogP contribution in [0.15, 0.2) is 52.0 Å². The third kappa shape index (κ3) is 3.52. The van der Waals surface area contributed by atoms with E-state index in [1.807, 2.05) is 30.3 Å². The Balaban J connectivity index is 1.75. The van der Waals surface area contributed by atoms with Gasteiger partial charge in [-0.15, -0.1) is 0 Å². The number of anilines is 1. The normalized spacial score (nSPS) is 16.5. The molecule has 2 aromatic rings. The highest BCUT2D eigenvalue weighted by atomic mass is 79.9. The smallest absolute Gasteiger partial charge is 0.244 e. The van der Waals surface area contributed by atoms with E-state index in [0.717, 1.165) is 5.69 Å². The van der Waals surface area contributed by atoms with Crippen LogP contribution in [0.5, 0.6) is 0 Å². The molecule has 1 fully saturated rings. The van der Waals surface area contributed by atoms with Gasteiger partial charge >= 0.3 is 0 Å². The topological polar surface area (TPSA) is 53.5 Å². The van der Waals surface area contributed by atoms with Gasteiger partial charge in [-0.3, -0.25) is 0 Å². The highest BCUT2D eigenvalue weighted by molar-refractivity contribution is 9.10. The molecule has 0 spiro atoms. The molecule has 2 heterocycles. The lowest BCUT2D eigenvalue weighted by atomic mass is 10.2. The minimum atomic E-state index is -3.55. The molecular weight excluding hydrogens is 402 g/mol. The molecule has 0 amide bonds. The molecule has 1 aromatic heterocycles. The molecule has 0 atom stereocenters. The predicted octanol–water partition coefficient (Wildman–Crippen LogP) is 3.01. The number of halogens is 2. The minimum Gasteiger partial charge on any atom is -0.369 e. The van der Waals surface area contributed by atoms with Gasteiger partial charge in [0.2, 0.25) is 10.0 Å². The fraction of sp³-hybridized carbons (Fsp3) is 0.267. The van der Waals surface area contributed by atoms with E-state index in [9.17, 15) is 8.42 Å². The first kappa shape index (κ1) is 16.7. The predicted molar refractivity (Wildman–Crippen MR) is 94.4 cm³/mol. The lowest BCUT2D eigenvalue weighted by Gasteiger charge is -2.35. The zero-order valence-corrected chi connectivity index (χ0v) is 15.4. The Morgan fingerprint density at radius 1 is 1.09 bits per heavy atom. The van der Waals surface area contributed by atoms with Crippen LogP contribution in [0.1, 0.15) is 0 Å². The largest absolute Gasteiger partial charge is 0.369 e. The molecule has 122 valence electrons. The van der Waals surface area contributed by atoms with E-state index in [1.165, 1.54) is 16.6 Å². The summed E-state index contributed by atoms with van der Waals surface area (Å²) in [4.78, 5) is 6.24. The standard InChI is InChI=1S/C15H15BrClN3O2S/c16-14-10-13(11-18-15(14)17)23(21,22)20-8-6-19(7-9-20)12-4-2-1-3-5-12/h1-5,10-11H,6-9H2. The maximum Gasteiger partial charge on any atom is 0.244 e. The van der Waals surface area contributed by atoms with Gasteiger partial charge in [-0.05, 0) is 34.1 Å². The average Bonchev–Trinajstić information content (AvgIpc) is 2.58. The van der Waals surface area contributed by atoms with Gasteiger partial charge in [0.25, 0.3) is 0 Å². The summed E-state index contributed by atoms with van der Waals surface area (Å²) in [5.41, 5.74) is 1.11. The summed E-state index contributed by atoms with van der Waals surface area (Å²) < 4.78 is 27.4. The Morgan fingerprint density at radius 2 is 1.74 bits per heavy atom. The summed E-state index contributed by atoms with van der Waals surface area (Å²) in [5, 5.41) is 0.248. The van der Waals surface area contributed by atoms with Gasteiger partial charge in [0, 0.05) is 38.1 Å². The molecule has 8 heteroatoms. The maximum absolute atomic E-state index is 12.7. The molecule has 0 radical (unpaired) electrons. The molecule has 0 unspecified atom stereocenters. The molecule has 0 aliphatic carbocycles. The Bertz CT molecular complexity index is 794. The second-order valence-electron chi connectivity index (χ2n) is 5.17. The summed E-state index contributed by atoms with van der Waals surface area (Å²) in [7, 11) is -3.55. The van der Waals surface area contributed by atoms with E-state index in [1.54, 1.807) is 0 Å². The zero-order chi connectivity index (χ0) is 16.4. The highest BCUT2D eigenvalue weighted by Gasteiger charge is 2.29. The van der Waals surface area contributed by atoms with Gasteiger partial charge in [0.15, 0.2) is 0 Å². The number of pyridine rings is 1. The van der Waals surface area contributed by atoms with Crippen LogP contribution < -0.4 is 4.90 Å². The number of hydrogen-bond acceptors (Lipinski definition) is 4. The number of piperazine rings is 1. The first-order valence-electron chi connectivity index (χ1n) is 7.10. The number of rotatable bonds is 3. The minimum absolute atomic E-state index is 0.155. The van der Waals surface area contributed by atoms with Crippen LogP contribution in [-0.4, -0.2) is 43.9 Å². The molecule has 1 aliphatic heterocycles. The van der Waals surface area contributed by atoms with Crippen molar-refractivity contribution in [2.45, 2.75) is 4.90 Å². The van der Waals surface area contributed by atoms with E-state index < -0.39 is 10.0 Å². The van der Waals surface area contributed by atoms with Crippen LogP contribution in [-0.2, 0) is 10.0 Å². The quantitative estimate of drug-likeness (QED) is 0.722. The van der Waals surface area contributed by atoms with Crippen LogP contribution in [0.4, 0.5) is 5.69 Å². The van der Waals surface area contributed by atoms with Crippen LogP contribution in [0.2, 0.25) is 5.15 Å². The van der Waals surface area contributed by atoms with Crippen molar-refractivity contribution < 1.29 is 8.42 Å². The molecule has 1 aromatic carbocycles. The van der Waals surface area contributed by atoms with E-state index >= 15 is 0 Å². The lowest BCUT2D eigenvalue weighted by molar-refractivity contribution is 0.385. The third-order valence-corrected chi connectivity index (χ3v) is 6.77. The van der Waals surface area contributed by atoms with Gasteiger partial charge < -0.3 is 4.90 Å². The molecule has 23 heavy (non-hydrogen) atoms. The van der Waals surface area contributed by atoms with E-state index in [2.05, 4.69) is 25.8 Å². The van der Waals surface area contributed by atoms with E-state index in [0.29, 0.717) is 30.7 Å². The van der Waals surface area contributed by atoms with E-state index in [-0.39, 0.29) is 10.0 Å². The fourth-order valence-electron chi connectivity index (χ4n) is 2.52. The summed E-state index contributed by atoms with van der Waals surface area (Å²) >= 11 is 9.05. The number of aromatic nitrogens is 1. The third-order valence-electron chi connectivity index (χ3n) is 3.77. The van der Waals surface area contributed by atoms with Gasteiger partial charge in [-0.2, -0.15) is 4.31 Å². The first-order valence-corrected chi connectivity index (χ1v) is 9.71. The van der Waals surface area contributed by atoms with Crippen LogP contribution in [0.3, 0.4) is 0 Å². The molecule has 0 N–H and O–H groups in total. The lowest BCUT2D eigenvalue weighted by Crippen LogP contribution is -2.48. The van der Waals surface area contributed by atoms with Gasteiger partial charge in [0.05, 0.1) is 4.47 Å². The Hall–Kier alpha value is -1.15. The fourth-order valence-corrected chi connectivity index (χ4v) is 4.52. The van der Waals surface area contributed by atoms with E-state index in [4.69, 9.17) is 11.6 Å². The molecule has 1 saturated heterocycles. The Morgan fingerprint density at radius 3 is 2.35 bits per heavy atom. The van der Waals surface area contributed by atoms with Crippen LogP contribution >= 0.6 is 27.5 Å². The van der Waals surface area contributed by atoms with Crippen molar-refractivity contribution in [3.8, 4) is 0 Å². The van der Waals surface area contributed by atoms with Crippen molar-refractivity contribution in [2.75, 3.05) is 31.1 Å². The van der Waals surface area contributed by atoms with Crippen LogP contribution in [0.25, 0.3) is 0 Å². The van der Waals surface area contributed by atoms with Gasteiger partial charge in [-0.1, -0.05) is 29.8 Å². The molecule has 5 nitrogen and oxygen atoms in total. The zero-order valence-electron chi connectivity index (χ0n) is 12.2. The summed E-state index contributed by atoms with van der Waals surface area (Å²) in [6.07, 6.45) is 1.30. The Kier molecular flexibility index (Phi) is 4.91. The van der Waals surface area contributed by atoms with Crippen molar-refractivity contribution in [1.29, 1.82) is 0 Å². The number of sulfonamides is 1. The highest BCUT2D eigenvalue weighted by Crippen LogP contribution is 2.26. The van der Waals surface area contributed by atoms with Crippen molar-refractivity contribution >= 4 is 43.2 Å². The summed E-state index contributed by atoms with van der Waals surface area (Å²) in [6.45, 7) is 2.20. The van der Waals surface area contributed by atoms with Crippen molar-refractivity contribution in [3.05, 3.63) is 52.2 Å². The molecule has 1 aliphatic rings. The second-order valence-corrected chi connectivity index (χ2v) is 8.32. The average molecular weight is 417 g/mol. The van der Waals surface area contributed by atoms with Crippen LogP contribution in [0, 0.1) is 0 Å². The number of hydrogen-bond donors (Lipinski definition) is 0. The SMILES string of the molecule is O=S(=O)(c1cnc(Cl)c(Br)c1)N1CCN(c2ccccc2)CC1. The number of nitrogens with zero attached hydrogens (tertiary/aromatic N) is 3. The summed E-state index contributed by atoms with van der Waals surface area (Å²) in [6, 6.07) is 11.5. The second kappa shape index (κ2) is 6.76. The van der Waals surface area contributed by atoms with Crippen molar-refractivity contribution in [1.82, 2.24) is 9.29 Å². The number of benzene rings is 1. The van der Waals surface area contributed by atoms with Gasteiger partial charge in [0.1, 0.15) is 10.0 Å².